The monoisotopic (exact) mass is 172 g/mol. The van der Waals surface area contributed by atoms with Gasteiger partial charge >= 0.3 is 0 Å². The van der Waals surface area contributed by atoms with Crippen molar-refractivity contribution in [1.29, 1.82) is 0 Å². The molecule has 0 aliphatic carbocycles. The topological polar surface area (TPSA) is 97.8 Å². The van der Waals surface area contributed by atoms with E-state index >= 15 is 0 Å². The summed E-state index contributed by atoms with van der Waals surface area (Å²) < 4.78 is 0. The molecule has 0 radical (unpaired) electrons. The summed E-state index contributed by atoms with van der Waals surface area (Å²) in [6.07, 6.45) is 1.82. The van der Waals surface area contributed by atoms with Crippen LogP contribution in [0.1, 0.15) is 10.5 Å². The Morgan fingerprint density at radius 1 is 1.73 bits per heavy atom. The Labute approximate surface area is 67.5 Å². The first-order valence-corrected chi connectivity index (χ1v) is 4.07. The molecule has 0 aromatic carbocycles. The minimum absolute atomic E-state index is 0.175. The number of nitrogens with one attached hydrogen (secondary N) is 1. The molecule has 0 spiro atoms. The summed E-state index contributed by atoms with van der Waals surface area (Å²) in [5.74, 6) is -0.588. The summed E-state index contributed by atoms with van der Waals surface area (Å²) in [6.45, 7) is 0. The van der Waals surface area contributed by atoms with Crippen LogP contribution in [0.25, 0.3) is 0 Å². The largest absolute Gasteiger partial charge is 0.395 e. The predicted molar refractivity (Wildman–Crippen MR) is 43.3 cm³/mol. The van der Waals surface area contributed by atoms with Crippen molar-refractivity contribution < 1.29 is 4.79 Å². The van der Waals surface area contributed by atoms with Crippen molar-refractivity contribution in [3.05, 3.63) is 5.69 Å². The highest BCUT2D eigenvalue weighted by atomic mass is 32.2. The van der Waals surface area contributed by atoms with Gasteiger partial charge in [-0.05, 0) is 6.26 Å². The number of hydrogen-bond donors (Lipinski definition) is 3. The number of aromatic amines is 1. The van der Waals surface area contributed by atoms with Crippen molar-refractivity contribution >= 4 is 23.4 Å². The second kappa shape index (κ2) is 2.83. The van der Waals surface area contributed by atoms with Crippen molar-refractivity contribution in [1.82, 2.24) is 10.2 Å². The number of thioether (sulfide) groups is 1. The predicted octanol–water partition coefficient (Wildman–Crippen LogP) is -0.187. The Morgan fingerprint density at radius 2 is 2.36 bits per heavy atom. The van der Waals surface area contributed by atoms with Crippen LogP contribution in [0.4, 0.5) is 5.69 Å². The molecule has 0 aliphatic rings. The molecule has 60 valence electrons. The fourth-order valence-electron chi connectivity index (χ4n) is 0.677. The van der Waals surface area contributed by atoms with Gasteiger partial charge in [-0.25, -0.2) is 0 Å². The average Bonchev–Trinajstić information content (AvgIpc) is 2.30. The number of hydrogen-bond acceptors (Lipinski definition) is 4. The first kappa shape index (κ1) is 7.93. The van der Waals surface area contributed by atoms with Crippen LogP contribution in [-0.4, -0.2) is 22.4 Å². The fraction of sp³-hybridized carbons (Fsp3) is 0.200. The quantitative estimate of drug-likeness (QED) is 0.538. The van der Waals surface area contributed by atoms with E-state index in [4.69, 9.17) is 11.5 Å². The lowest BCUT2D eigenvalue weighted by atomic mass is 10.4. The highest BCUT2D eigenvalue weighted by Crippen LogP contribution is 2.21. The minimum atomic E-state index is -0.588. The lowest BCUT2D eigenvalue weighted by Crippen LogP contribution is -2.13. The minimum Gasteiger partial charge on any atom is -0.395 e. The molecule has 1 amide bonds. The molecule has 1 rings (SSSR count). The number of anilines is 1. The van der Waals surface area contributed by atoms with Gasteiger partial charge < -0.3 is 11.5 Å². The van der Waals surface area contributed by atoms with E-state index in [0.717, 1.165) is 0 Å². The van der Waals surface area contributed by atoms with Gasteiger partial charge in [0.15, 0.2) is 0 Å². The number of nitrogens with zero attached hydrogens (tertiary/aromatic N) is 1. The summed E-state index contributed by atoms with van der Waals surface area (Å²) in [6, 6.07) is 0. The van der Waals surface area contributed by atoms with Crippen LogP contribution in [0.2, 0.25) is 0 Å². The highest BCUT2D eigenvalue weighted by molar-refractivity contribution is 7.98. The van der Waals surface area contributed by atoms with E-state index in [1.807, 2.05) is 6.26 Å². The Morgan fingerprint density at radius 3 is 2.64 bits per heavy atom. The highest BCUT2D eigenvalue weighted by Gasteiger charge is 2.12. The van der Waals surface area contributed by atoms with Gasteiger partial charge in [0, 0.05) is 0 Å². The van der Waals surface area contributed by atoms with E-state index < -0.39 is 5.91 Å². The zero-order valence-electron chi connectivity index (χ0n) is 5.92. The van der Waals surface area contributed by atoms with Crippen LogP contribution in [0.3, 0.4) is 0 Å². The Balaban J connectivity index is 3.10. The molecule has 1 aromatic rings. The van der Waals surface area contributed by atoms with E-state index in [0.29, 0.717) is 10.7 Å². The van der Waals surface area contributed by atoms with Crippen LogP contribution in [0.15, 0.2) is 5.03 Å². The smallest absolute Gasteiger partial charge is 0.268 e. The van der Waals surface area contributed by atoms with Crippen LogP contribution in [0.5, 0.6) is 0 Å². The van der Waals surface area contributed by atoms with Crippen LogP contribution in [-0.2, 0) is 0 Å². The third-order valence-electron chi connectivity index (χ3n) is 1.21. The van der Waals surface area contributed by atoms with Crippen molar-refractivity contribution in [2.45, 2.75) is 5.03 Å². The number of amides is 1. The van der Waals surface area contributed by atoms with Gasteiger partial charge in [0.2, 0.25) is 0 Å². The molecule has 5 N–H and O–H groups in total. The molecule has 1 heterocycles. The molecule has 0 unspecified atom stereocenters. The summed E-state index contributed by atoms with van der Waals surface area (Å²) >= 11 is 1.36. The van der Waals surface area contributed by atoms with Gasteiger partial charge in [-0.2, -0.15) is 5.10 Å². The SMILES string of the molecule is CSc1n[nH]c(C(N)=O)c1N. The van der Waals surface area contributed by atoms with E-state index in [1.54, 1.807) is 0 Å². The fourth-order valence-corrected chi connectivity index (χ4v) is 1.14. The molecule has 1 aromatic heterocycles. The first-order chi connectivity index (χ1) is 5.16. The van der Waals surface area contributed by atoms with Crippen molar-refractivity contribution in [3.63, 3.8) is 0 Å². The average molecular weight is 172 g/mol. The third kappa shape index (κ3) is 1.30. The van der Waals surface area contributed by atoms with Crippen LogP contribution >= 0.6 is 11.8 Å². The number of carbonyl (C=O) groups is 1. The second-order valence-electron chi connectivity index (χ2n) is 1.89. The number of rotatable bonds is 2. The summed E-state index contributed by atoms with van der Waals surface area (Å²) in [4.78, 5) is 10.6. The molecule has 0 atom stereocenters. The Kier molecular flexibility index (Phi) is 2.04. The number of nitrogen functional groups attached to an aromatic ring is 1. The Bertz CT molecular complexity index is 282. The molecule has 0 saturated heterocycles. The molecule has 0 aliphatic heterocycles. The third-order valence-corrected chi connectivity index (χ3v) is 1.91. The van der Waals surface area contributed by atoms with Gasteiger partial charge in [0.1, 0.15) is 10.7 Å². The maximum atomic E-state index is 10.6. The molecule has 5 nitrogen and oxygen atoms in total. The maximum Gasteiger partial charge on any atom is 0.268 e. The number of carbonyl (C=O) groups excluding carboxylic acids is 1. The van der Waals surface area contributed by atoms with Gasteiger partial charge in [0.25, 0.3) is 5.91 Å². The lowest BCUT2D eigenvalue weighted by molar-refractivity contribution is 0.0996. The Hall–Kier alpha value is -1.17. The van der Waals surface area contributed by atoms with Gasteiger partial charge in [-0.1, -0.05) is 0 Å². The molecular weight excluding hydrogens is 164 g/mol. The second-order valence-corrected chi connectivity index (χ2v) is 2.68. The molecule has 11 heavy (non-hydrogen) atoms. The molecule has 0 bridgehead atoms. The van der Waals surface area contributed by atoms with Gasteiger partial charge in [-0.3, -0.25) is 9.89 Å². The van der Waals surface area contributed by atoms with E-state index in [9.17, 15) is 4.79 Å². The molecule has 6 heteroatoms. The zero-order chi connectivity index (χ0) is 8.43. The van der Waals surface area contributed by atoms with Crippen molar-refractivity contribution in [2.24, 2.45) is 5.73 Å². The van der Waals surface area contributed by atoms with E-state index in [-0.39, 0.29) is 5.69 Å². The maximum absolute atomic E-state index is 10.6. The normalized spacial score (nSPS) is 9.91. The van der Waals surface area contributed by atoms with Crippen LogP contribution in [0, 0.1) is 0 Å². The molecular formula is C5H8N4OS. The van der Waals surface area contributed by atoms with Crippen molar-refractivity contribution in [2.75, 3.05) is 12.0 Å². The summed E-state index contributed by atoms with van der Waals surface area (Å²) in [7, 11) is 0. The summed E-state index contributed by atoms with van der Waals surface area (Å²) in [5.41, 5.74) is 11.0. The zero-order valence-corrected chi connectivity index (χ0v) is 6.73. The first-order valence-electron chi connectivity index (χ1n) is 2.84. The number of H-pyrrole nitrogens is 1. The van der Waals surface area contributed by atoms with Crippen LogP contribution < -0.4 is 11.5 Å². The standard InChI is InChI=1S/C5H8N4OS/c1-11-5-2(6)3(4(7)10)8-9-5/h6H2,1H3,(H2,7,10)(H,8,9). The van der Waals surface area contributed by atoms with E-state index in [1.165, 1.54) is 11.8 Å². The summed E-state index contributed by atoms with van der Waals surface area (Å²) in [5, 5.41) is 6.82. The van der Waals surface area contributed by atoms with Gasteiger partial charge in [0.05, 0.1) is 5.69 Å². The number of aromatic nitrogens is 2. The lowest BCUT2D eigenvalue weighted by Gasteiger charge is -1.91. The number of primary amides is 1. The molecule has 0 saturated carbocycles. The van der Waals surface area contributed by atoms with E-state index in [2.05, 4.69) is 10.2 Å². The number of nitrogens with two attached hydrogens (primary N) is 2. The van der Waals surface area contributed by atoms with Crippen molar-refractivity contribution in [3.8, 4) is 0 Å². The molecule has 0 fully saturated rings. The van der Waals surface area contributed by atoms with Gasteiger partial charge in [-0.15, -0.1) is 11.8 Å².